The Balaban J connectivity index is 1.24. The molecular weight excluding hydrogens is 394 g/mol. The smallest absolute Gasteiger partial charge is 0.254 e. The highest BCUT2D eigenvalue weighted by Gasteiger charge is 2.24. The van der Waals surface area contributed by atoms with Crippen LogP contribution in [0.25, 0.3) is 5.69 Å². The molecule has 0 saturated carbocycles. The molecule has 1 amide bonds. The summed E-state index contributed by atoms with van der Waals surface area (Å²) in [4.78, 5) is 28.7. The van der Waals surface area contributed by atoms with Gasteiger partial charge in [0.25, 0.3) is 5.91 Å². The minimum Gasteiger partial charge on any atom is -0.353 e. The zero-order valence-corrected chi connectivity index (χ0v) is 17.3. The van der Waals surface area contributed by atoms with E-state index in [1.807, 2.05) is 41.4 Å². The first-order valence-electron chi connectivity index (χ1n) is 10.7. The van der Waals surface area contributed by atoms with Crippen molar-refractivity contribution < 1.29 is 4.79 Å². The number of piperazine rings is 1. The van der Waals surface area contributed by atoms with Crippen LogP contribution in [0.2, 0.25) is 0 Å². The summed E-state index contributed by atoms with van der Waals surface area (Å²) in [5.41, 5.74) is 1.40. The molecule has 31 heavy (non-hydrogen) atoms. The Morgan fingerprint density at radius 3 is 2.52 bits per heavy atom. The number of carbonyl (C=O) groups excluding carboxylic acids is 1. The van der Waals surface area contributed by atoms with Gasteiger partial charge < -0.3 is 14.7 Å². The van der Waals surface area contributed by atoms with Crippen molar-refractivity contribution in [2.24, 2.45) is 0 Å². The molecule has 0 atom stereocenters. The molecule has 1 aromatic carbocycles. The predicted octanol–water partition coefficient (Wildman–Crippen LogP) is 1.40. The van der Waals surface area contributed by atoms with Crippen molar-refractivity contribution >= 4 is 17.7 Å². The second-order valence-electron chi connectivity index (χ2n) is 7.85. The maximum atomic E-state index is 13.0. The van der Waals surface area contributed by atoms with E-state index in [2.05, 4.69) is 30.3 Å². The molecule has 10 heteroatoms. The fraction of sp³-hybridized carbons (Fsp3) is 0.429. The lowest BCUT2D eigenvalue weighted by Crippen LogP contribution is -2.49. The van der Waals surface area contributed by atoms with Crippen LogP contribution in [0.4, 0.5) is 11.8 Å². The molecule has 10 nitrogen and oxygen atoms in total. The number of benzene rings is 1. The fourth-order valence-corrected chi connectivity index (χ4v) is 4.14. The van der Waals surface area contributed by atoms with E-state index >= 15 is 0 Å². The molecule has 0 radical (unpaired) electrons. The molecule has 160 valence electrons. The monoisotopic (exact) mass is 419 g/mol. The molecule has 0 unspecified atom stereocenters. The van der Waals surface area contributed by atoms with Gasteiger partial charge in [-0.2, -0.15) is 4.98 Å². The number of hydrogen-bond acceptors (Lipinski definition) is 8. The van der Waals surface area contributed by atoms with Crippen LogP contribution < -0.4 is 9.80 Å². The Bertz CT molecular complexity index is 1020. The Morgan fingerprint density at radius 1 is 0.903 bits per heavy atom. The average Bonchev–Trinajstić information content (AvgIpc) is 3.40. The lowest BCUT2D eigenvalue weighted by atomic mass is 10.1. The second-order valence-corrected chi connectivity index (χ2v) is 7.85. The highest BCUT2D eigenvalue weighted by molar-refractivity contribution is 5.95. The van der Waals surface area contributed by atoms with E-state index in [-0.39, 0.29) is 5.91 Å². The topological polar surface area (TPSA) is 96.2 Å². The standard InChI is InChI=1S/C21H25N9O/c31-20(17-5-4-6-18(15-17)30-16-23-25-26-30)28-13-11-27(12-14-28)19-7-8-22-21(24-19)29-9-2-1-3-10-29/h4-8,15-16H,1-3,9-14H2. The summed E-state index contributed by atoms with van der Waals surface area (Å²) >= 11 is 0. The van der Waals surface area contributed by atoms with Crippen LogP contribution >= 0.6 is 0 Å². The third kappa shape index (κ3) is 4.18. The Labute approximate surface area is 180 Å². The number of anilines is 2. The minimum atomic E-state index is 0.0197. The number of carbonyl (C=O) groups is 1. The van der Waals surface area contributed by atoms with Crippen LogP contribution in [0.15, 0.2) is 42.9 Å². The second kappa shape index (κ2) is 8.66. The largest absolute Gasteiger partial charge is 0.353 e. The predicted molar refractivity (Wildman–Crippen MR) is 115 cm³/mol. The van der Waals surface area contributed by atoms with Crippen molar-refractivity contribution in [3.05, 3.63) is 48.4 Å². The van der Waals surface area contributed by atoms with E-state index in [0.29, 0.717) is 18.7 Å². The molecule has 5 rings (SSSR count). The summed E-state index contributed by atoms with van der Waals surface area (Å²) in [7, 11) is 0. The molecule has 0 bridgehead atoms. The molecule has 2 saturated heterocycles. The minimum absolute atomic E-state index is 0.0197. The van der Waals surface area contributed by atoms with Crippen LogP contribution in [-0.2, 0) is 0 Å². The molecule has 2 fully saturated rings. The quantitative estimate of drug-likeness (QED) is 0.626. The van der Waals surface area contributed by atoms with Crippen molar-refractivity contribution in [3.8, 4) is 5.69 Å². The molecule has 4 heterocycles. The molecule has 0 N–H and O–H groups in total. The summed E-state index contributed by atoms with van der Waals surface area (Å²) in [5.74, 6) is 1.77. The van der Waals surface area contributed by atoms with Crippen molar-refractivity contribution in [2.45, 2.75) is 19.3 Å². The number of aromatic nitrogens is 6. The van der Waals surface area contributed by atoms with Gasteiger partial charge in [-0.05, 0) is 54.0 Å². The van der Waals surface area contributed by atoms with E-state index in [1.165, 1.54) is 25.6 Å². The van der Waals surface area contributed by atoms with E-state index in [1.54, 1.807) is 4.68 Å². The SMILES string of the molecule is O=C(c1cccc(-n2cnnn2)c1)N1CCN(c2ccnc(N3CCCCC3)n2)CC1. The van der Waals surface area contributed by atoms with E-state index in [0.717, 1.165) is 43.6 Å². The van der Waals surface area contributed by atoms with E-state index < -0.39 is 0 Å². The molecule has 0 aliphatic carbocycles. The lowest BCUT2D eigenvalue weighted by molar-refractivity contribution is 0.0746. The maximum Gasteiger partial charge on any atom is 0.254 e. The fourth-order valence-electron chi connectivity index (χ4n) is 4.14. The van der Waals surface area contributed by atoms with Gasteiger partial charge in [-0.25, -0.2) is 9.67 Å². The first kappa shape index (κ1) is 19.4. The van der Waals surface area contributed by atoms with Crippen molar-refractivity contribution in [2.75, 3.05) is 49.1 Å². The summed E-state index contributed by atoms with van der Waals surface area (Å²) in [5, 5.41) is 11.2. The molecular formula is C21H25N9O. The normalized spacial score (nSPS) is 17.1. The number of nitrogens with zero attached hydrogens (tertiary/aromatic N) is 9. The maximum absolute atomic E-state index is 13.0. The lowest BCUT2D eigenvalue weighted by Gasteiger charge is -2.36. The highest BCUT2D eigenvalue weighted by Crippen LogP contribution is 2.20. The van der Waals surface area contributed by atoms with Crippen LogP contribution in [0.5, 0.6) is 0 Å². The molecule has 2 aromatic heterocycles. The van der Waals surface area contributed by atoms with Crippen molar-refractivity contribution in [3.63, 3.8) is 0 Å². The van der Waals surface area contributed by atoms with Gasteiger partial charge in [0.05, 0.1) is 5.69 Å². The van der Waals surface area contributed by atoms with Gasteiger partial charge >= 0.3 is 0 Å². The van der Waals surface area contributed by atoms with Gasteiger partial charge in [0.2, 0.25) is 5.95 Å². The highest BCUT2D eigenvalue weighted by atomic mass is 16.2. The first-order chi connectivity index (χ1) is 15.3. The van der Waals surface area contributed by atoms with Crippen molar-refractivity contribution in [1.82, 2.24) is 35.1 Å². The summed E-state index contributed by atoms with van der Waals surface area (Å²) in [6.07, 6.45) is 7.04. The third-order valence-corrected chi connectivity index (χ3v) is 5.86. The summed E-state index contributed by atoms with van der Waals surface area (Å²) < 4.78 is 1.55. The van der Waals surface area contributed by atoms with Gasteiger partial charge in [-0.15, -0.1) is 5.10 Å². The van der Waals surface area contributed by atoms with Gasteiger partial charge in [-0.3, -0.25) is 4.79 Å². The number of piperidine rings is 1. The van der Waals surface area contributed by atoms with Crippen molar-refractivity contribution in [1.29, 1.82) is 0 Å². The number of hydrogen-bond donors (Lipinski definition) is 0. The van der Waals surface area contributed by atoms with Gasteiger partial charge in [-0.1, -0.05) is 6.07 Å². The summed E-state index contributed by atoms with van der Waals surface area (Å²) in [6.45, 7) is 4.84. The molecule has 2 aliphatic heterocycles. The van der Waals surface area contributed by atoms with E-state index in [4.69, 9.17) is 4.98 Å². The molecule has 3 aromatic rings. The Hall–Kier alpha value is -3.56. The molecule has 0 spiro atoms. The third-order valence-electron chi connectivity index (χ3n) is 5.86. The molecule has 2 aliphatic rings. The first-order valence-corrected chi connectivity index (χ1v) is 10.7. The van der Waals surface area contributed by atoms with Crippen LogP contribution in [0.1, 0.15) is 29.6 Å². The summed E-state index contributed by atoms with van der Waals surface area (Å²) in [6, 6.07) is 9.34. The van der Waals surface area contributed by atoms with Crippen LogP contribution in [0, 0.1) is 0 Å². The number of tetrazole rings is 1. The van der Waals surface area contributed by atoms with Gasteiger partial charge in [0.1, 0.15) is 12.1 Å². The zero-order valence-electron chi connectivity index (χ0n) is 17.3. The average molecular weight is 419 g/mol. The van der Waals surface area contributed by atoms with Gasteiger partial charge in [0.15, 0.2) is 0 Å². The van der Waals surface area contributed by atoms with Crippen LogP contribution in [-0.4, -0.2) is 80.3 Å². The zero-order chi connectivity index (χ0) is 21.0. The number of rotatable bonds is 4. The number of amides is 1. The van der Waals surface area contributed by atoms with Crippen LogP contribution in [0.3, 0.4) is 0 Å². The Morgan fingerprint density at radius 2 is 1.74 bits per heavy atom. The van der Waals surface area contributed by atoms with Gasteiger partial charge in [0, 0.05) is 51.0 Å². The Kier molecular flexibility index (Phi) is 5.42. The van der Waals surface area contributed by atoms with E-state index in [9.17, 15) is 4.79 Å².